The molecule has 1 N–H and O–H groups in total. The Hall–Kier alpha value is -1.75. The molecule has 158 valence electrons. The second-order valence-electron chi connectivity index (χ2n) is 9.11. The standard InChI is InChI=1S/C25H34FNO2/c1-18-8-5-9-19(16-18)23-21(11-6-12-22(23)26)24(29-15-14-28)20-10-7-13-27(17-20)25(2,3)4/h5-6,8-9,11-12,16,20,24,28H,7,10,13-15,17H2,1-4H3/t20-,24?/m1/s1. The van der Waals surface area contributed by atoms with Crippen LogP contribution in [0, 0.1) is 18.7 Å². The van der Waals surface area contributed by atoms with E-state index in [2.05, 4.69) is 25.7 Å². The van der Waals surface area contributed by atoms with Crippen molar-refractivity contribution in [1.29, 1.82) is 0 Å². The molecule has 0 bridgehead atoms. The number of piperidine rings is 1. The minimum absolute atomic E-state index is 0.0404. The predicted molar refractivity (Wildman–Crippen MR) is 116 cm³/mol. The predicted octanol–water partition coefficient (Wildman–Crippen LogP) is 5.36. The van der Waals surface area contributed by atoms with Gasteiger partial charge in [0.15, 0.2) is 0 Å². The van der Waals surface area contributed by atoms with Crippen molar-refractivity contribution in [1.82, 2.24) is 4.90 Å². The lowest BCUT2D eigenvalue weighted by Gasteiger charge is -2.44. The Morgan fingerprint density at radius 2 is 1.97 bits per heavy atom. The summed E-state index contributed by atoms with van der Waals surface area (Å²) in [6, 6.07) is 13.2. The molecule has 0 amide bonds. The highest BCUT2D eigenvalue weighted by Crippen LogP contribution is 2.40. The molecule has 1 heterocycles. The average molecular weight is 400 g/mol. The molecular formula is C25H34FNO2. The van der Waals surface area contributed by atoms with Crippen molar-refractivity contribution in [2.75, 3.05) is 26.3 Å². The van der Waals surface area contributed by atoms with Gasteiger partial charge in [-0.1, -0.05) is 42.0 Å². The van der Waals surface area contributed by atoms with Crippen molar-refractivity contribution in [3.63, 3.8) is 0 Å². The Kier molecular flexibility index (Phi) is 7.10. The van der Waals surface area contributed by atoms with Crippen LogP contribution in [0.2, 0.25) is 0 Å². The van der Waals surface area contributed by atoms with E-state index in [0.717, 1.165) is 42.6 Å². The number of aryl methyl sites for hydroxylation is 1. The average Bonchev–Trinajstić information content (AvgIpc) is 2.68. The van der Waals surface area contributed by atoms with E-state index in [1.807, 2.05) is 37.3 Å². The highest BCUT2D eigenvalue weighted by molar-refractivity contribution is 5.69. The van der Waals surface area contributed by atoms with E-state index in [0.29, 0.717) is 5.56 Å². The third-order valence-electron chi connectivity index (χ3n) is 5.88. The van der Waals surface area contributed by atoms with E-state index in [9.17, 15) is 5.11 Å². The van der Waals surface area contributed by atoms with Crippen LogP contribution in [0.4, 0.5) is 4.39 Å². The van der Waals surface area contributed by atoms with Crippen molar-refractivity contribution in [3.05, 3.63) is 59.4 Å². The Bertz CT molecular complexity index is 815. The van der Waals surface area contributed by atoms with Gasteiger partial charge in [-0.15, -0.1) is 0 Å². The molecule has 1 fully saturated rings. The van der Waals surface area contributed by atoms with Crippen LogP contribution >= 0.6 is 0 Å². The second kappa shape index (κ2) is 9.38. The van der Waals surface area contributed by atoms with E-state index in [4.69, 9.17) is 4.74 Å². The van der Waals surface area contributed by atoms with E-state index >= 15 is 4.39 Å². The zero-order valence-corrected chi connectivity index (χ0v) is 18.1. The first-order valence-electron chi connectivity index (χ1n) is 10.6. The lowest BCUT2D eigenvalue weighted by atomic mass is 9.83. The monoisotopic (exact) mass is 399 g/mol. The summed E-state index contributed by atoms with van der Waals surface area (Å²) in [6.07, 6.45) is 1.88. The van der Waals surface area contributed by atoms with Gasteiger partial charge >= 0.3 is 0 Å². The maximum atomic E-state index is 15.1. The smallest absolute Gasteiger partial charge is 0.131 e. The topological polar surface area (TPSA) is 32.7 Å². The van der Waals surface area contributed by atoms with Crippen LogP contribution in [0.3, 0.4) is 0 Å². The molecule has 0 aliphatic carbocycles. The highest BCUT2D eigenvalue weighted by atomic mass is 19.1. The first-order valence-corrected chi connectivity index (χ1v) is 10.6. The highest BCUT2D eigenvalue weighted by Gasteiger charge is 2.34. The SMILES string of the molecule is Cc1cccc(-c2c(F)cccc2C(OCCO)[C@@H]2CCCN(C(C)(C)C)C2)c1. The number of benzene rings is 2. The molecule has 2 atom stereocenters. The molecule has 0 radical (unpaired) electrons. The van der Waals surface area contributed by atoms with Gasteiger partial charge in [-0.2, -0.15) is 0 Å². The number of aliphatic hydroxyl groups is 1. The fourth-order valence-electron chi connectivity index (χ4n) is 4.41. The molecule has 3 rings (SSSR count). The minimum atomic E-state index is -0.251. The first-order chi connectivity index (χ1) is 13.8. The van der Waals surface area contributed by atoms with Gasteiger partial charge in [-0.3, -0.25) is 4.90 Å². The summed E-state index contributed by atoms with van der Waals surface area (Å²) in [5.41, 5.74) is 3.55. The van der Waals surface area contributed by atoms with Gasteiger partial charge in [0, 0.05) is 23.6 Å². The molecule has 1 unspecified atom stereocenters. The maximum Gasteiger partial charge on any atom is 0.131 e. The van der Waals surface area contributed by atoms with Gasteiger partial charge in [0.05, 0.1) is 19.3 Å². The fraction of sp³-hybridized carbons (Fsp3) is 0.520. The quantitative estimate of drug-likeness (QED) is 0.710. The third kappa shape index (κ3) is 5.25. The van der Waals surface area contributed by atoms with Crippen LogP contribution < -0.4 is 0 Å². The van der Waals surface area contributed by atoms with Crippen molar-refractivity contribution < 1.29 is 14.2 Å². The van der Waals surface area contributed by atoms with Gasteiger partial charge in [-0.05, 0) is 64.3 Å². The Morgan fingerprint density at radius 3 is 2.66 bits per heavy atom. The number of ether oxygens (including phenoxy) is 1. The van der Waals surface area contributed by atoms with Crippen molar-refractivity contribution in [3.8, 4) is 11.1 Å². The molecule has 1 aliphatic heterocycles. The summed E-state index contributed by atoms with van der Waals surface area (Å²) < 4.78 is 21.2. The molecule has 29 heavy (non-hydrogen) atoms. The number of likely N-dealkylation sites (tertiary alicyclic amines) is 1. The summed E-state index contributed by atoms with van der Waals surface area (Å²) >= 11 is 0. The number of hydrogen-bond donors (Lipinski definition) is 1. The Morgan fingerprint density at radius 1 is 1.21 bits per heavy atom. The summed E-state index contributed by atoms with van der Waals surface area (Å²) in [5, 5.41) is 9.41. The van der Waals surface area contributed by atoms with Gasteiger partial charge in [0.1, 0.15) is 5.82 Å². The maximum absolute atomic E-state index is 15.1. The zero-order valence-electron chi connectivity index (χ0n) is 18.1. The van der Waals surface area contributed by atoms with E-state index < -0.39 is 0 Å². The number of rotatable bonds is 6. The largest absolute Gasteiger partial charge is 0.394 e. The van der Waals surface area contributed by atoms with E-state index in [-0.39, 0.29) is 36.6 Å². The minimum Gasteiger partial charge on any atom is -0.394 e. The molecule has 1 aliphatic rings. The molecule has 2 aromatic rings. The molecular weight excluding hydrogens is 365 g/mol. The molecule has 0 saturated carbocycles. The zero-order chi connectivity index (χ0) is 21.0. The summed E-state index contributed by atoms with van der Waals surface area (Å²) in [5.74, 6) is 0.0223. The molecule has 0 spiro atoms. The van der Waals surface area contributed by atoms with Gasteiger partial charge in [-0.25, -0.2) is 4.39 Å². The van der Waals surface area contributed by atoms with Crippen molar-refractivity contribution in [2.45, 2.75) is 52.2 Å². The molecule has 4 heteroatoms. The van der Waals surface area contributed by atoms with E-state index in [1.54, 1.807) is 6.07 Å². The Labute approximate surface area is 174 Å². The van der Waals surface area contributed by atoms with Crippen LogP contribution in [0.25, 0.3) is 11.1 Å². The van der Waals surface area contributed by atoms with Crippen LogP contribution in [-0.4, -0.2) is 41.8 Å². The molecule has 1 saturated heterocycles. The fourth-order valence-corrected chi connectivity index (χ4v) is 4.41. The van der Waals surface area contributed by atoms with Crippen LogP contribution in [-0.2, 0) is 4.74 Å². The molecule has 2 aromatic carbocycles. The summed E-state index contributed by atoms with van der Waals surface area (Å²) in [4.78, 5) is 2.49. The Balaban J connectivity index is 2.02. The normalized spacial score (nSPS) is 19.3. The van der Waals surface area contributed by atoms with Gasteiger partial charge in [0.2, 0.25) is 0 Å². The number of hydrogen-bond acceptors (Lipinski definition) is 3. The lowest BCUT2D eigenvalue weighted by Crippen LogP contribution is -2.48. The number of halogens is 1. The number of aliphatic hydroxyl groups excluding tert-OH is 1. The first kappa shape index (κ1) is 21.9. The van der Waals surface area contributed by atoms with Crippen LogP contribution in [0.1, 0.15) is 50.8 Å². The third-order valence-corrected chi connectivity index (χ3v) is 5.88. The van der Waals surface area contributed by atoms with Gasteiger partial charge < -0.3 is 9.84 Å². The van der Waals surface area contributed by atoms with Crippen molar-refractivity contribution in [2.24, 2.45) is 5.92 Å². The van der Waals surface area contributed by atoms with Crippen LogP contribution in [0.5, 0.6) is 0 Å². The lowest BCUT2D eigenvalue weighted by molar-refractivity contribution is -0.0411. The van der Waals surface area contributed by atoms with E-state index in [1.165, 1.54) is 6.07 Å². The van der Waals surface area contributed by atoms with Crippen molar-refractivity contribution >= 4 is 0 Å². The van der Waals surface area contributed by atoms with Gasteiger partial charge in [0.25, 0.3) is 0 Å². The molecule has 3 nitrogen and oxygen atoms in total. The summed E-state index contributed by atoms with van der Waals surface area (Å²) in [6.45, 7) is 10.9. The molecule has 0 aromatic heterocycles. The summed E-state index contributed by atoms with van der Waals surface area (Å²) in [7, 11) is 0. The second-order valence-corrected chi connectivity index (χ2v) is 9.11. The van der Waals surface area contributed by atoms with Crippen LogP contribution in [0.15, 0.2) is 42.5 Å². The number of nitrogens with zero attached hydrogens (tertiary/aromatic N) is 1.